The number of amides is 1. The van der Waals surface area contributed by atoms with Crippen molar-refractivity contribution in [2.75, 3.05) is 11.1 Å². The highest BCUT2D eigenvalue weighted by Gasteiger charge is 2.06. The van der Waals surface area contributed by atoms with Crippen LogP contribution in [0.15, 0.2) is 47.4 Å². The summed E-state index contributed by atoms with van der Waals surface area (Å²) in [7, 11) is 0. The molecule has 0 radical (unpaired) electrons. The number of anilines is 1. The van der Waals surface area contributed by atoms with Crippen LogP contribution in [0.2, 0.25) is 0 Å². The van der Waals surface area contributed by atoms with Crippen molar-refractivity contribution in [2.45, 2.75) is 18.2 Å². The van der Waals surface area contributed by atoms with Crippen LogP contribution in [0.25, 0.3) is 0 Å². The van der Waals surface area contributed by atoms with Gasteiger partial charge in [-0.15, -0.1) is 11.8 Å². The Kier molecular flexibility index (Phi) is 5.33. The molecule has 0 aliphatic heterocycles. The largest absolute Gasteiger partial charge is 0.326 e. The van der Waals surface area contributed by atoms with Crippen molar-refractivity contribution < 1.29 is 13.6 Å². The summed E-state index contributed by atoms with van der Waals surface area (Å²) in [5.74, 6) is -0.250. The van der Waals surface area contributed by atoms with Crippen LogP contribution in [0.5, 0.6) is 0 Å². The van der Waals surface area contributed by atoms with E-state index in [1.807, 2.05) is 6.92 Å². The summed E-state index contributed by atoms with van der Waals surface area (Å²) in [5.41, 5.74) is 1.31. The second-order valence-corrected chi connectivity index (χ2v) is 5.73. The van der Waals surface area contributed by atoms with Gasteiger partial charge in [-0.3, -0.25) is 4.79 Å². The number of hydrogen-bond donors (Lipinski definition) is 1. The first-order chi connectivity index (χ1) is 10.0. The molecule has 5 heteroatoms. The van der Waals surface area contributed by atoms with Gasteiger partial charge in [0.15, 0.2) is 0 Å². The minimum absolute atomic E-state index is 0.168. The van der Waals surface area contributed by atoms with Gasteiger partial charge in [-0.25, -0.2) is 8.78 Å². The van der Waals surface area contributed by atoms with Crippen molar-refractivity contribution >= 4 is 23.4 Å². The van der Waals surface area contributed by atoms with Crippen LogP contribution in [0.4, 0.5) is 14.5 Å². The van der Waals surface area contributed by atoms with Gasteiger partial charge in [0.25, 0.3) is 0 Å². The first-order valence-electron chi connectivity index (χ1n) is 6.49. The molecule has 1 amide bonds. The number of nitrogens with one attached hydrogen (secondary N) is 1. The summed E-state index contributed by atoms with van der Waals surface area (Å²) >= 11 is 1.47. The van der Waals surface area contributed by atoms with Gasteiger partial charge in [-0.2, -0.15) is 0 Å². The number of halogens is 2. The van der Waals surface area contributed by atoms with Gasteiger partial charge in [0.05, 0.1) is 0 Å². The molecule has 1 N–H and O–H groups in total. The number of hydrogen-bond acceptors (Lipinski definition) is 2. The van der Waals surface area contributed by atoms with E-state index in [0.717, 1.165) is 10.5 Å². The van der Waals surface area contributed by atoms with Gasteiger partial charge in [0.2, 0.25) is 5.91 Å². The number of carbonyl (C=O) groups excluding carboxylic acids is 1. The molecular weight excluding hydrogens is 292 g/mol. The van der Waals surface area contributed by atoms with Crippen LogP contribution >= 0.6 is 11.8 Å². The lowest BCUT2D eigenvalue weighted by Crippen LogP contribution is -2.13. The van der Waals surface area contributed by atoms with Crippen molar-refractivity contribution in [2.24, 2.45) is 0 Å². The molecule has 21 heavy (non-hydrogen) atoms. The molecule has 0 aromatic heterocycles. The first-order valence-corrected chi connectivity index (χ1v) is 7.47. The number of thioether (sulfide) groups is 1. The molecule has 0 heterocycles. The van der Waals surface area contributed by atoms with Crippen LogP contribution in [-0.2, 0) is 4.79 Å². The van der Waals surface area contributed by atoms with Gasteiger partial charge in [0, 0.05) is 22.8 Å². The zero-order valence-electron chi connectivity index (χ0n) is 11.5. The lowest BCUT2D eigenvalue weighted by Gasteiger charge is -2.08. The molecule has 2 nitrogen and oxygen atoms in total. The smallest absolute Gasteiger partial charge is 0.225 e. The quantitative estimate of drug-likeness (QED) is 0.830. The number of carbonyl (C=O) groups is 1. The average molecular weight is 307 g/mol. The third kappa shape index (κ3) is 4.86. The third-order valence-electron chi connectivity index (χ3n) is 2.89. The Hall–Kier alpha value is -1.88. The summed E-state index contributed by atoms with van der Waals surface area (Å²) < 4.78 is 25.9. The van der Waals surface area contributed by atoms with Gasteiger partial charge < -0.3 is 5.32 Å². The van der Waals surface area contributed by atoms with E-state index >= 15 is 0 Å². The van der Waals surface area contributed by atoms with Crippen LogP contribution in [0.1, 0.15) is 12.0 Å². The maximum atomic E-state index is 13.1. The molecule has 2 aromatic carbocycles. The van der Waals surface area contributed by atoms with E-state index in [-0.39, 0.29) is 17.5 Å². The fourth-order valence-electron chi connectivity index (χ4n) is 1.73. The Morgan fingerprint density at radius 3 is 2.48 bits per heavy atom. The van der Waals surface area contributed by atoms with Crippen LogP contribution < -0.4 is 5.32 Å². The zero-order chi connectivity index (χ0) is 15.2. The summed E-state index contributed by atoms with van der Waals surface area (Å²) in [6, 6.07) is 10.4. The zero-order valence-corrected chi connectivity index (χ0v) is 12.3. The molecule has 2 rings (SSSR count). The average Bonchev–Trinajstić information content (AvgIpc) is 2.45. The van der Waals surface area contributed by atoms with E-state index in [2.05, 4.69) is 5.32 Å². The molecular formula is C16H15F2NOS. The highest BCUT2D eigenvalue weighted by Crippen LogP contribution is 2.20. The Morgan fingerprint density at radius 2 is 1.76 bits per heavy atom. The lowest BCUT2D eigenvalue weighted by atomic mass is 10.2. The monoisotopic (exact) mass is 307 g/mol. The SMILES string of the molecule is Cc1ccc(F)cc1NC(=O)CCSc1ccc(F)cc1. The molecule has 0 aliphatic carbocycles. The Balaban J connectivity index is 1.82. The molecule has 0 saturated carbocycles. The maximum absolute atomic E-state index is 13.1. The molecule has 110 valence electrons. The van der Waals surface area contributed by atoms with E-state index in [1.165, 1.54) is 36.0 Å². The van der Waals surface area contributed by atoms with Crippen LogP contribution in [-0.4, -0.2) is 11.7 Å². The normalized spacial score (nSPS) is 10.4. The molecule has 0 bridgehead atoms. The van der Waals surface area contributed by atoms with Crippen molar-refractivity contribution in [1.82, 2.24) is 0 Å². The first kappa shape index (κ1) is 15.5. The molecule has 0 spiro atoms. The van der Waals surface area contributed by atoms with Gasteiger partial charge in [0.1, 0.15) is 11.6 Å². The summed E-state index contributed by atoms with van der Waals surface area (Å²) in [6.45, 7) is 1.81. The number of rotatable bonds is 5. The van der Waals surface area contributed by atoms with Crippen LogP contribution in [0.3, 0.4) is 0 Å². The molecule has 0 atom stereocenters. The molecule has 0 aliphatic rings. The predicted molar refractivity (Wildman–Crippen MR) is 81.5 cm³/mol. The van der Waals surface area contributed by atoms with Gasteiger partial charge >= 0.3 is 0 Å². The van der Waals surface area contributed by atoms with E-state index < -0.39 is 0 Å². The van der Waals surface area contributed by atoms with Crippen molar-refractivity contribution in [3.8, 4) is 0 Å². The third-order valence-corrected chi connectivity index (χ3v) is 3.90. The molecule has 0 saturated heterocycles. The number of aryl methyl sites for hydroxylation is 1. The Bertz CT molecular complexity index is 629. The number of benzene rings is 2. The van der Waals surface area contributed by atoms with E-state index in [9.17, 15) is 13.6 Å². The van der Waals surface area contributed by atoms with Crippen molar-refractivity contribution in [3.63, 3.8) is 0 Å². The van der Waals surface area contributed by atoms with E-state index in [1.54, 1.807) is 18.2 Å². The molecule has 0 fully saturated rings. The standard InChI is InChI=1S/C16H15F2NOS/c1-11-2-3-13(18)10-15(11)19-16(20)8-9-21-14-6-4-12(17)5-7-14/h2-7,10H,8-9H2,1H3,(H,19,20). The minimum atomic E-state index is -0.378. The van der Waals surface area contributed by atoms with E-state index in [0.29, 0.717) is 17.9 Å². The van der Waals surface area contributed by atoms with Gasteiger partial charge in [-0.05, 0) is 48.9 Å². The Morgan fingerprint density at radius 1 is 1.10 bits per heavy atom. The summed E-state index contributed by atoms with van der Waals surface area (Å²) in [6.07, 6.45) is 0.304. The lowest BCUT2D eigenvalue weighted by molar-refractivity contribution is -0.115. The minimum Gasteiger partial charge on any atom is -0.326 e. The molecule has 2 aromatic rings. The maximum Gasteiger partial charge on any atom is 0.225 e. The van der Waals surface area contributed by atoms with Crippen LogP contribution in [0, 0.1) is 18.6 Å². The van der Waals surface area contributed by atoms with Crippen molar-refractivity contribution in [1.29, 1.82) is 0 Å². The van der Waals surface area contributed by atoms with Crippen molar-refractivity contribution in [3.05, 3.63) is 59.7 Å². The topological polar surface area (TPSA) is 29.1 Å². The molecule has 0 unspecified atom stereocenters. The second-order valence-electron chi connectivity index (χ2n) is 4.56. The van der Waals surface area contributed by atoms with E-state index in [4.69, 9.17) is 0 Å². The fourth-order valence-corrected chi connectivity index (χ4v) is 2.59. The van der Waals surface area contributed by atoms with Gasteiger partial charge in [-0.1, -0.05) is 6.07 Å². The summed E-state index contributed by atoms with van der Waals surface area (Å²) in [4.78, 5) is 12.7. The Labute approximate surface area is 126 Å². The summed E-state index contributed by atoms with van der Waals surface area (Å²) in [5, 5.41) is 2.69. The highest BCUT2D eigenvalue weighted by molar-refractivity contribution is 7.99. The highest BCUT2D eigenvalue weighted by atomic mass is 32.2. The predicted octanol–water partition coefficient (Wildman–Crippen LogP) is 4.39. The second kappa shape index (κ2) is 7.22. The fraction of sp³-hybridized carbons (Fsp3) is 0.188.